The first-order valence-corrected chi connectivity index (χ1v) is 10.4. The van der Waals surface area contributed by atoms with Gasteiger partial charge in [0.25, 0.3) is 0 Å². The highest BCUT2D eigenvalue weighted by atomic mass is 16.3. The number of pyridine rings is 1. The molecule has 3 heteroatoms. The average molecular weight is 389 g/mol. The van der Waals surface area contributed by atoms with Gasteiger partial charge in [-0.3, -0.25) is 4.99 Å². The molecule has 0 saturated heterocycles. The monoisotopic (exact) mass is 388 g/mol. The summed E-state index contributed by atoms with van der Waals surface area (Å²) < 4.78 is 0. The van der Waals surface area contributed by atoms with Crippen LogP contribution in [0.4, 0.5) is 5.69 Å². The quantitative estimate of drug-likeness (QED) is 0.479. The Morgan fingerprint density at radius 3 is 2.07 bits per heavy atom. The van der Waals surface area contributed by atoms with Crippen LogP contribution in [-0.4, -0.2) is 16.3 Å². The van der Waals surface area contributed by atoms with Crippen LogP contribution in [0.1, 0.15) is 82.7 Å². The highest BCUT2D eigenvalue weighted by Gasteiger charge is 2.19. The predicted octanol–water partition coefficient (Wildman–Crippen LogP) is 7.24. The number of para-hydroxylation sites is 1. The van der Waals surface area contributed by atoms with Crippen molar-refractivity contribution in [3.8, 4) is 5.75 Å². The molecule has 0 fully saturated rings. The Bertz CT molecular complexity index is 1030. The van der Waals surface area contributed by atoms with Gasteiger partial charge in [0.1, 0.15) is 11.3 Å². The molecule has 1 heterocycles. The van der Waals surface area contributed by atoms with Gasteiger partial charge in [-0.1, -0.05) is 78.8 Å². The van der Waals surface area contributed by atoms with Crippen LogP contribution in [0.25, 0.3) is 10.9 Å². The minimum Gasteiger partial charge on any atom is -0.506 e. The van der Waals surface area contributed by atoms with Gasteiger partial charge in [-0.25, -0.2) is 4.98 Å². The molecule has 0 radical (unpaired) electrons. The van der Waals surface area contributed by atoms with Gasteiger partial charge in [0, 0.05) is 5.39 Å². The van der Waals surface area contributed by atoms with Crippen molar-refractivity contribution in [2.24, 2.45) is 4.99 Å². The summed E-state index contributed by atoms with van der Waals surface area (Å²) in [7, 11) is 0. The number of hydrogen-bond donors (Lipinski definition) is 1. The van der Waals surface area contributed by atoms with Gasteiger partial charge >= 0.3 is 0 Å². The Hall–Kier alpha value is -2.68. The van der Waals surface area contributed by atoms with Crippen LogP contribution < -0.4 is 0 Å². The normalized spacial score (nSPS) is 12.6. The van der Waals surface area contributed by atoms with Crippen LogP contribution in [-0.2, 0) is 5.41 Å². The van der Waals surface area contributed by atoms with Crippen molar-refractivity contribution in [2.45, 2.75) is 65.7 Å². The summed E-state index contributed by atoms with van der Waals surface area (Å²) in [5, 5.41) is 11.4. The number of rotatable bonds is 4. The second-order valence-corrected chi connectivity index (χ2v) is 9.37. The number of phenols is 1. The third-order valence-corrected chi connectivity index (χ3v) is 5.33. The van der Waals surface area contributed by atoms with E-state index in [-0.39, 0.29) is 11.2 Å². The second kappa shape index (κ2) is 7.98. The summed E-state index contributed by atoms with van der Waals surface area (Å²) in [5.41, 5.74) is 6.04. The highest BCUT2D eigenvalue weighted by Crippen LogP contribution is 2.35. The lowest BCUT2D eigenvalue weighted by Crippen LogP contribution is -2.11. The number of fused-ring (bicyclic) bond motifs is 1. The molecule has 3 rings (SSSR count). The topological polar surface area (TPSA) is 45.5 Å². The van der Waals surface area contributed by atoms with Crippen LogP contribution in [0.5, 0.6) is 5.75 Å². The molecule has 2 aromatic carbocycles. The summed E-state index contributed by atoms with van der Waals surface area (Å²) in [5.74, 6) is 0.987. The van der Waals surface area contributed by atoms with E-state index >= 15 is 0 Å². The van der Waals surface area contributed by atoms with Crippen LogP contribution >= 0.6 is 0 Å². The highest BCUT2D eigenvalue weighted by molar-refractivity contribution is 5.92. The number of nitrogens with zero attached hydrogens (tertiary/aromatic N) is 2. The van der Waals surface area contributed by atoms with Gasteiger partial charge in [-0.2, -0.15) is 0 Å². The maximum absolute atomic E-state index is 10.4. The molecular formula is C26H32N2O. The fraction of sp³-hybridized carbons (Fsp3) is 0.385. The molecule has 1 aromatic heterocycles. The summed E-state index contributed by atoms with van der Waals surface area (Å²) in [6, 6.07) is 14.2. The number of aliphatic imine (C=N–C) groups is 1. The van der Waals surface area contributed by atoms with Crippen LogP contribution in [0.3, 0.4) is 0 Å². The van der Waals surface area contributed by atoms with Crippen molar-refractivity contribution in [3.05, 3.63) is 64.8 Å². The van der Waals surface area contributed by atoms with Gasteiger partial charge in [-0.05, 0) is 46.1 Å². The average Bonchev–Trinajstić information content (AvgIpc) is 2.65. The number of phenolic OH excluding ortho intramolecular Hbond substituents is 1. The van der Waals surface area contributed by atoms with Crippen molar-refractivity contribution in [3.63, 3.8) is 0 Å². The number of benzene rings is 2. The van der Waals surface area contributed by atoms with Gasteiger partial charge < -0.3 is 5.11 Å². The minimum atomic E-state index is -0.0222. The number of aromatic nitrogens is 1. The Kier molecular flexibility index (Phi) is 5.79. The van der Waals surface area contributed by atoms with Crippen molar-refractivity contribution in [2.75, 3.05) is 0 Å². The number of aromatic hydroxyl groups is 1. The van der Waals surface area contributed by atoms with Gasteiger partial charge in [0.2, 0.25) is 0 Å². The van der Waals surface area contributed by atoms with Crippen molar-refractivity contribution < 1.29 is 5.11 Å². The Labute approximate surface area is 174 Å². The van der Waals surface area contributed by atoms with Crippen LogP contribution in [0.2, 0.25) is 0 Å². The molecular weight excluding hydrogens is 356 g/mol. The van der Waals surface area contributed by atoms with E-state index in [1.165, 1.54) is 16.7 Å². The maximum atomic E-state index is 10.4. The Balaban J connectivity index is 2.10. The number of hydrogen-bond acceptors (Lipinski definition) is 3. The molecule has 0 unspecified atom stereocenters. The zero-order chi connectivity index (χ0) is 21.3. The van der Waals surface area contributed by atoms with E-state index in [0.717, 1.165) is 16.8 Å². The van der Waals surface area contributed by atoms with E-state index in [4.69, 9.17) is 9.98 Å². The molecule has 0 aliphatic rings. The summed E-state index contributed by atoms with van der Waals surface area (Å²) in [6.45, 7) is 15.3. The maximum Gasteiger partial charge on any atom is 0.141 e. The van der Waals surface area contributed by atoms with E-state index < -0.39 is 0 Å². The minimum absolute atomic E-state index is 0.0222. The standard InChI is InChI=1S/C26H32N2O/c1-16(2)19-9-8-10-20(17(3)4)24(19)27-15-18-11-12-21-22(26(5,6)7)13-14-23(29)25(21)28-18/h8-17,29H,1-7H3. The molecule has 1 N–H and O–H groups in total. The predicted molar refractivity (Wildman–Crippen MR) is 124 cm³/mol. The molecule has 0 amide bonds. The zero-order valence-corrected chi connectivity index (χ0v) is 18.6. The van der Waals surface area contributed by atoms with Crippen molar-refractivity contribution in [1.82, 2.24) is 4.98 Å². The first-order valence-electron chi connectivity index (χ1n) is 10.4. The summed E-state index contributed by atoms with van der Waals surface area (Å²) in [4.78, 5) is 9.57. The third kappa shape index (κ3) is 4.34. The van der Waals surface area contributed by atoms with Gasteiger partial charge in [0.15, 0.2) is 0 Å². The lowest BCUT2D eigenvalue weighted by Gasteiger charge is -2.21. The first kappa shape index (κ1) is 21.0. The lowest BCUT2D eigenvalue weighted by molar-refractivity contribution is 0.479. The first-order chi connectivity index (χ1) is 13.6. The molecule has 0 bridgehead atoms. The fourth-order valence-corrected chi connectivity index (χ4v) is 3.74. The second-order valence-electron chi connectivity index (χ2n) is 9.37. The van der Waals surface area contributed by atoms with Crippen LogP contribution in [0, 0.1) is 0 Å². The van der Waals surface area contributed by atoms with Crippen LogP contribution in [0.15, 0.2) is 47.5 Å². The largest absolute Gasteiger partial charge is 0.506 e. The van der Waals surface area contributed by atoms with Gasteiger partial charge in [0.05, 0.1) is 17.6 Å². The molecule has 152 valence electrons. The summed E-state index contributed by atoms with van der Waals surface area (Å²) >= 11 is 0. The van der Waals surface area contributed by atoms with E-state index in [1.54, 1.807) is 6.07 Å². The zero-order valence-electron chi connectivity index (χ0n) is 18.6. The van der Waals surface area contributed by atoms with E-state index in [1.807, 2.05) is 24.4 Å². The molecule has 29 heavy (non-hydrogen) atoms. The molecule has 3 nitrogen and oxygen atoms in total. The van der Waals surface area contributed by atoms with E-state index in [0.29, 0.717) is 17.4 Å². The van der Waals surface area contributed by atoms with Crippen molar-refractivity contribution >= 4 is 22.8 Å². The molecule has 3 aromatic rings. The van der Waals surface area contributed by atoms with E-state index in [9.17, 15) is 5.11 Å². The van der Waals surface area contributed by atoms with Crippen molar-refractivity contribution in [1.29, 1.82) is 0 Å². The molecule has 0 aliphatic heterocycles. The van der Waals surface area contributed by atoms with E-state index in [2.05, 4.69) is 66.7 Å². The Morgan fingerprint density at radius 1 is 0.897 bits per heavy atom. The SMILES string of the molecule is CC(C)c1cccc(C(C)C)c1N=Cc1ccc2c(C(C)(C)C)ccc(O)c2n1. The molecule has 0 aliphatic carbocycles. The smallest absolute Gasteiger partial charge is 0.141 e. The lowest BCUT2D eigenvalue weighted by atomic mass is 9.84. The summed E-state index contributed by atoms with van der Waals surface area (Å²) in [6.07, 6.45) is 1.82. The Morgan fingerprint density at radius 2 is 1.52 bits per heavy atom. The molecule has 0 saturated carbocycles. The molecule has 0 spiro atoms. The van der Waals surface area contributed by atoms with Gasteiger partial charge in [-0.15, -0.1) is 0 Å². The fourth-order valence-electron chi connectivity index (χ4n) is 3.74. The third-order valence-electron chi connectivity index (χ3n) is 5.33. The molecule has 0 atom stereocenters.